The lowest BCUT2D eigenvalue weighted by atomic mass is 10.1. The zero-order valence-electron chi connectivity index (χ0n) is 20.8. The number of unbranched alkanes of at least 4 members (excludes halogenated alkanes) is 11. The van der Waals surface area contributed by atoms with Crippen LogP contribution in [0.2, 0.25) is 0 Å². The van der Waals surface area contributed by atoms with Crippen molar-refractivity contribution >= 4 is 13.8 Å². The molecule has 0 aromatic carbocycles. The van der Waals surface area contributed by atoms with Gasteiger partial charge in [-0.2, -0.15) is 0 Å². The van der Waals surface area contributed by atoms with Crippen LogP contribution in [0.4, 0.5) is 0 Å². The highest BCUT2D eigenvalue weighted by Gasteiger charge is 2.16. The predicted molar refractivity (Wildman–Crippen MR) is 129 cm³/mol. The topological polar surface area (TPSA) is 146 Å². The Balaban J connectivity index is 3.56. The van der Waals surface area contributed by atoms with Crippen molar-refractivity contribution < 1.29 is 43.4 Å². The van der Waals surface area contributed by atoms with E-state index in [9.17, 15) is 19.4 Å². The molecule has 9 nitrogen and oxygen atoms in total. The van der Waals surface area contributed by atoms with Crippen LogP contribution in [0.3, 0.4) is 0 Å². The van der Waals surface area contributed by atoms with Gasteiger partial charge in [0.05, 0.1) is 19.8 Å². The highest BCUT2D eigenvalue weighted by Crippen LogP contribution is 2.38. The zero-order valence-corrected chi connectivity index (χ0v) is 21.7. The minimum atomic E-state index is -4.73. The Kier molecular flexibility index (Phi) is 22.1. The van der Waals surface area contributed by atoms with E-state index in [1.807, 2.05) is 0 Å². The summed E-state index contributed by atoms with van der Waals surface area (Å²) in [7, 11) is -4.73. The van der Waals surface area contributed by atoms with Gasteiger partial charge in [-0.15, -0.1) is 0 Å². The third-order valence-electron chi connectivity index (χ3n) is 5.14. The first-order valence-electron chi connectivity index (χ1n) is 12.7. The molecule has 0 fully saturated rings. The van der Waals surface area contributed by atoms with E-state index in [1.165, 1.54) is 44.9 Å². The van der Waals surface area contributed by atoms with Crippen LogP contribution in [-0.2, 0) is 23.1 Å². The number of hydrogen-bond acceptors (Lipinski definition) is 9. The summed E-state index contributed by atoms with van der Waals surface area (Å²) in [5, 5.41) is 27.3. The van der Waals surface area contributed by atoms with Crippen molar-refractivity contribution in [1.29, 1.82) is 0 Å². The van der Waals surface area contributed by atoms with Crippen LogP contribution < -0.4 is 4.89 Å². The van der Waals surface area contributed by atoms with E-state index in [-0.39, 0.29) is 13.0 Å². The standard InChI is InChI=1S/C24H47O9P/c1-2-3-4-5-6-7-8-9-10-11-12-13-14-15-16-17-24(28)31-19-23(27)21-33-34(29,30)32-20-22(26)18-25/h9-10,22-23,25-27H,2-8,11-21H2,1H3,(H,29,30)/p-1/b10-9-/t22-,23+/m0/s1. The van der Waals surface area contributed by atoms with Gasteiger partial charge < -0.3 is 34.0 Å². The molecule has 0 aromatic rings. The van der Waals surface area contributed by atoms with E-state index < -0.39 is 45.8 Å². The Labute approximate surface area is 205 Å². The largest absolute Gasteiger partial charge is 0.756 e. The van der Waals surface area contributed by atoms with Crippen LogP contribution in [0.1, 0.15) is 96.8 Å². The van der Waals surface area contributed by atoms with E-state index in [0.717, 1.165) is 32.1 Å². The lowest BCUT2D eigenvalue weighted by molar-refractivity contribution is -0.229. The van der Waals surface area contributed by atoms with Gasteiger partial charge in [0.2, 0.25) is 0 Å². The van der Waals surface area contributed by atoms with Gasteiger partial charge >= 0.3 is 5.97 Å². The summed E-state index contributed by atoms with van der Waals surface area (Å²) in [4.78, 5) is 23.1. The Morgan fingerprint density at radius 2 is 1.32 bits per heavy atom. The first kappa shape index (κ1) is 33.2. The summed E-state index contributed by atoms with van der Waals surface area (Å²) in [5.74, 6) is -0.454. The van der Waals surface area contributed by atoms with Gasteiger partial charge in [-0.3, -0.25) is 9.36 Å². The van der Waals surface area contributed by atoms with Crippen molar-refractivity contribution in [3.8, 4) is 0 Å². The van der Waals surface area contributed by atoms with Gasteiger partial charge in [0.1, 0.15) is 18.8 Å². The van der Waals surface area contributed by atoms with Crippen molar-refractivity contribution in [2.75, 3.05) is 26.4 Å². The number of ether oxygens (including phenoxy) is 1. The number of carbonyl (C=O) groups excluding carboxylic acids is 1. The molecule has 0 radical (unpaired) electrons. The Hall–Kier alpha value is -0.800. The molecule has 0 aliphatic heterocycles. The lowest BCUT2D eigenvalue weighted by Crippen LogP contribution is -2.26. The molecule has 3 N–H and O–H groups in total. The van der Waals surface area contributed by atoms with Crippen molar-refractivity contribution in [2.45, 2.75) is 109 Å². The number of allylic oxidation sites excluding steroid dienone is 2. The van der Waals surface area contributed by atoms with E-state index in [1.54, 1.807) is 0 Å². The van der Waals surface area contributed by atoms with Gasteiger partial charge in [0.25, 0.3) is 7.82 Å². The fraction of sp³-hybridized carbons (Fsp3) is 0.875. The molecule has 0 rings (SSSR count). The summed E-state index contributed by atoms with van der Waals surface area (Å²) in [5.41, 5.74) is 0. The normalized spacial score (nSPS) is 15.3. The summed E-state index contributed by atoms with van der Waals surface area (Å²) < 4.78 is 25.1. The van der Waals surface area contributed by atoms with Crippen molar-refractivity contribution in [3.05, 3.63) is 12.2 Å². The molecule has 10 heteroatoms. The molecule has 0 aliphatic rings. The number of carbonyl (C=O) groups is 1. The molecule has 1 unspecified atom stereocenters. The SMILES string of the molecule is CCCCCCCC/C=C\CCCCCCCC(=O)OC[C@@H](O)COP(=O)([O-])OC[C@@H](O)CO. The number of aliphatic hydroxyl groups excluding tert-OH is 3. The van der Waals surface area contributed by atoms with Crippen LogP contribution in [0.25, 0.3) is 0 Å². The Morgan fingerprint density at radius 3 is 1.88 bits per heavy atom. The predicted octanol–water partition coefficient (Wildman–Crippen LogP) is 3.78. The average Bonchev–Trinajstić information content (AvgIpc) is 2.82. The zero-order chi connectivity index (χ0) is 25.5. The molecule has 0 spiro atoms. The highest BCUT2D eigenvalue weighted by atomic mass is 31.2. The van der Waals surface area contributed by atoms with Gasteiger partial charge in [0.15, 0.2) is 0 Å². The summed E-state index contributed by atoms with van der Waals surface area (Å²) in [6.07, 6.45) is 17.3. The molecule has 0 heterocycles. The first-order chi connectivity index (χ1) is 16.3. The minimum absolute atomic E-state index is 0.244. The van der Waals surface area contributed by atoms with Crippen molar-refractivity contribution in [3.63, 3.8) is 0 Å². The molecule has 0 saturated heterocycles. The average molecular weight is 510 g/mol. The summed E-state index contributed by atoms with van der Waals surface area (Å²) >= 11 is 0. The van der Waals surface area contributed by atoms with Crippen LogP contribution in [0.5, 0.6) is 0 Å². The van der Waals surface area contributed by atoms with E-state index in [2.05, 4.69) is 28.1 Å². The molecule has 0 saturated carbocycles. The number of aliphatic hydroxyl groups is 3. The van der Waals surface area contributed by atoms with Crippen LogP contribution in [-0.4, -0.2) is 59.9 Å². The van der Waals surface area contributed by atoms with Gasteiger partial charge in [-0.05, 0) is 32.1 Å². The van der Waals surface area contributed by atoms with Gasteiger partial charge in [-0.1, -0.05) is 70.4 Å². The molecule has 202 valence electrons. The van der Waals surface area contributed by atoms with Crippen LogP contribution >= 0.6 is 7.82 Å². The maximum atomic E-state index is 11.7. The monoisotopic (exact) mass is 509 g/mol. The first-order valence-corrected chi connectivity index (χ1v) is 14.1. The maximum Gasteiger partial charge on any atom is 0.305 e. The molecule has 0 amide bonds. The molecule has 0 bridgehead atoms. The quantitative estimate of drug-likeness (QED) is 0.0765. The summed E-state index contributed by atoms with van der Waals surface area (Å²) in [6.45, 7) is -0.105. The summed E-state index contributed by atoms with van der Waals surface area (Å²) in [6, 6.07) is 0. The number of esters is 1. The molecule has 0 aromatic heterocycles. The van der Waals surface area contributed by atoms with E-state index in [0.29, 0.717) is 6.42 Å². The minimum Gasteiger partial charge on any atom is -0.756 e. The Bertz CT molecular complexity index is 557. The van der Waals surface area contributed by atoms with Crippen LogP contribution in [0.15, 0.2) is 12.2 Å². The fourth-order valence-corrected chi connectivity index (χ4v) is 3.88. The second kappa shape index (κ2) is 22.7. The number of rotatable bonds is 24. The van der Waals surface area contributed by atoms with Crippen LogP contribution in [0, 0.1) is 0 Å². The van der Waals surface area contributed by atoms with Crippen molar-refractivity contribution in [1.82, 2.24) is 0 Å². The van der Waals surface area contributed by atoms with Crippen molar-refractivity contribution in [2.24, 2.45) is 0 Å². The molecule has 34 heavy (non-hydrogen) atoms. The second-order valence-electron chi connectivity index (χ2n) is 8.55. The van der Waals surface area contributed by atoms with E-state index >= 15 is 0 Å². The second-order valence-corrected chi connectivity index (χ2v) is 9.96. The number of hydrogen-bond donors (Lipinski definition) is 3. The molecular formula is C24H46O9P-. The Morgan fingerprint density at radius 1 is 0.824 bits per heavy atom. The molecular weight excluding hydrogens is 463 g/mol. The van der Waals surface area contributed by atoms with Gasteiger partial charge in [-0.25, -0.2) is 0 Å². The third kappa shape index (κ3) is 23.0. The number of phosphoric acid groups is 1. The lowest BCUT2D eigenvalue weighted by Gasteiger charge is -2.24. The third-order valence-corrected chi connectivity index (χ3v) is 6.07. The highest BCUT2D eigenvalue weighted by molar-refractivity contribution is 7.45. The molecule has 0 aliphatic carbocycles. The smallest absolute Gasteiger partial charge is 0.305 e. The van der Waals surface area contributed by atoms with E-state index in [4.69, 9.17) is 14.9 Å². The molecule has 3 atom stereocenters. The number of phosphoric ester groups is 1. The van der Waals surface area contributed by atoms with Gasteiger partial charge in [0, 0.05) is 6.42 Å². The maximum absolute atomic E-state index is 11.7. The fourth-order valence-electron chi connectivity index (χ4n) is 3.09.